The number of halogens is 3. The van der Waals surface area contributed by atoms with Gasteiger partial charge in [0.15, 0.2) is 0 Å². The normalized spacial score (nSPS) is 13.7. The predicted molar refractivity (Wildman–Crippen MR) is 211 cm³/mol. The molecule has 51 heavy (non-hydrogen) atoms. The van der Waals surface area contributed by atoms with Gasteiger partial charge in [-0.1, -0.05) is 91.9 Å². The quantitative estimate of drug-likeness (QED) is 0.0761. The number of hydrogen-bond donors (Lipinski definition) is 3. The summed E-state index contributed by atoms with van der Waals surface area (Å²) in [6, 6.07) is 26.2. The standard InChI is InChI=1S/C40H45BrCl2N4O4/c1-2-45-38(27-12-5-3-6-13-27)31-24-29(25-32(41)37(31)44)40(49)51-23-21-47(30-15-7-4-8-16-30)20-22-50-36(48)26-28-14-9-10-19-35(28)46-39-33(42)17-11-18-34(39)43/h4,7-11,14-19,24-25,27,38,45-46H,2-3,5-6,12-13,20-23,26,44H2,1H3. The van der Waals surface area contributed by atoms with Crippen molar-refractivity contribution in [3.63, 3.8) is 0 Å². The number of nitrogens with two attached hydrogens (primary N) is 1. The zero-order valence-electron chi connectivity index (χ0n) is 28.8. The van der Waals surface area contributed by atoms with Gasteiger partial charge < -0.3 is 30.7 Å². The number of carbonyl (C=O) groups excluding carboxylic acids is 2. The average molecular weight is 797 g/mol. The second-order valence-corrected chi connectivity index (χ2v) is 14.3. The summed E-state index contributed by atoms with van der Waals surface area (Å²) in [5, 5.41) is 7.84. The van der Waals surface area contributed by atoms with E-state index >= 15 is 0 Å². The third kappa shape index (κ3) is 10.6. The lowest BCUT2D eigenvalue weighted by atomic mass is 9.80. The highest BCUT2D eigenvalue weighted by Gasteiger charge is 2.28. The van der Waals surface area contributed by atoms with Crippen molar-refractivity contribution in [2.45, 2.75) is 51.5 Å². The summed E-state index contributed by atoms with van der Waals surface area (Å²) in [5.74, 6) is -0.324. The van der Waals surface area contributed by atoms with Crippen molar-refractivity contribution in [2.75, 3.05) is 48.8 Å². The van der Waals surface area contributed by atoms with E-state index in [9.17, 15) is 9.59 Å². The summed E-state index contributed by atoms with van der Waals surface area (Å²) in [7, 11) is 0. The Morgan fingerprint density at radius 3 is 2.27 bits per heavy atom. The van der Waals surface area contributed by atoms with Gasteiger partial charge in [0, 0.05) is 21.9 Å². The number of nitrogen functional groups attached to an aromatic ring is 1. The number of nitrogens with zero attached hydrogens (tertiary/aromatic N) is 1. The van der Waals surface area contributed by atoms with E-state index in [1.165, 1.54) is 19.3 Å². The minimum atomic E-state index is -0.416. The van der Waals surface area contributed by atoms with Crippen molar-refractivity contribution in [3.8, 4) is 0 Å². The molecule has 5 rings (SSSR count). The third-order valence-corrected chi connectivity index (χ3v) is 10.5. The van der Waals surface area contributed by atoms with Crippen LogP contribution in [0.3, 0.4) is 0 Å². The molecule has 0 saturated heterocycles. The highest BCUT2D eigenvalue weighted by molar-refractivity contribution is 9.10. The molecule has 11 heteroatoms. The summed E-state index contributed by atoms with van der Waals surface area (Å²) in [4.78, 5) is 28.4. The van der Waals surface area contributed by atoms with Gasteiger partial charge in [0.2, 0.25) is 0 Å². The van der Waals surface area contributed by atoms with Crippen LogP contribution < -0.4 is 21.3 Å². The van der Waals surface area contributed by atoms with Crippen LogP contribution in [-0.2, 0) is 20.7 Å². The topological polar surface area (TPSA) is 106 Å². The highest BCUT2D eigenvalue weighted by Crippen LogP contribution is 2.39. The van der Waals surface area contributed by atoms with Gasteiger partial charge in [-0.3, -0.25) is 4.79 Å². The number of hydrogen-bond acceptors (Lipinski definition) is 8. The first-order chi connectivity index (χ1) is 24.7. The van der Waals surface area contributed by atoms with E-state index in [0.717, 1.165) is 36.2 Å². The molecule has 4 aromatic rings. The van der Waals surface area contributed by atoms with Gasteiger partial charge in [0.25, 0.3) is 0 Å². The van der Waals surface area contributed by atoms with Gasteiger partial charge in [0.05, 0.1) is 46.5 Å². The zero-order chi connectivity index (χ0) is 36.2. The molecule has 0 aliphatic heterocycles. The van der Waals surface area contributed by atoms with E-state index in [1.54, 1.807) is 24.3 Å². The van der Waals surface area contributed by atoms with Crippen LogP contribution in [0.4, 0.5) is 22.7 Å². The Labute approximate surface area is 319 Å². The Morgan fingerprint density at radius 1 is 0.902 bits per heavy atom. The van der Waals surface area contributed by atoms with Crippen molar-refractivity contribution in [3.05, 3.63) is 116 Å². The van der Waals surface area contributed by atoms with Gasteiger partial charge in [-0.2, -0.15) is 0 Å². The molecular weight excluding hydrogens is 751 g/mol. The molecule has 0 bridgehead atoms. The number of esters is 2. The van der Waals surface area contributed by atoms with E-state index in [0.29, 0.717) is 56.2 Å². The van der Waals surface area contributed by atoms with Crippen LogP contribution in [0, 0.1) is 5.92 Å². The minimum absolute atomic E-state index is 0.0582. The summed E-state index contributed by atoms with van der Waals surface area (Å²) in [6.07, 6.45) is 6.00. The third-order valence-electron chi connectivity index (χ3n) is 9.19. The Bertz CT molecular complexity index is 1750. The van der Waals surface area contributed by atoms with Crippen molar-refractivity contribution >= 4 is 73.8 Å². The first kappa shape index (κ1) is 38.5. The number of nitrogens with one attached hydrogen (secondary N) is 2. The molecule has 4 aromatic carbocycles. The molecule has 0 heterocycles. The van der Waals surface area contributed by atoms with E-state index < -0.39 is 5.97 Å². The molecule has 1 atom stereocenters. The van der Waals surface area contributed by atoms with Gasteiger partial charge in [-0.15, -0.1) is 0 Å². The molecule has 1 aliphatic carbocycles. The lowest BCUT2D eigenvalue weighted by molar-refractivity contribution is -0.142. The molecule has 8 nitrogen and oxygen atoms in total. The molecule has 0 spiro atoms. The van der Waals surface area contributed by atoms with Crippen LogP contribution in [0.15, 0.2) is 89.4 Å². The fraction of sp³-hybridized carbons (Fsp3) is 0.350. The van der Waals surface area contributed by atoms with E-state index in [1.807, 2.05) is 65.6 Å². The second kappa shape index (κ2) is 19.2. The number of carbonyl (C=O) groups is 2. The lowest BCUT2D eigenvalue weighted by Crippen LogP contribution is -2.32. The zero-order valence-corrected chi connectivity index (χ0v) is 31.9. The van der Waals surface area contributed by atoms with Crippen LogP contribution in [0.1, 0.15) is 66.6 Å². The summed E-state index contributed by atoms with van der Waals surface area (Å²) < 4.78 is 12.2. The molecule has 4 N–H and O–H groups in total. The Kier molecular flexibility index (Phi) is 14.5. The maximum atomic E-state index is 13.4. The molecule has 0 radical (unpaired) electrons. The average Bonchev–Trinajstić information content (AvgIpc) is 3.14. The number of ether oxygens (including phenoxy) is 2. The molecule has 1 saturated carbocycles. The summed E-state index contributed by atoms with van der Waals surface area (Å²) in [6.45, 7) is 4.00. The Hall–Kier alpha value is -3.76. The van der Waals surface area contributed by atoms with Crippen molar-refractivity contribution in [2.24, 2.45) is 5.92 Å². The maximum absolute atomic E-state index is 13.4. The second-order valence-electron chi connectivity index (χ2n) is 12.6. The fourth-order valence-corrected chi connectivity index (χ4v) is 7.56. The van der Waals surface area contributed by atoms with Crippen LogP contribution >= 0.6 is 39.1 Å². The van der Waals surface area contributed by atoms with Crippen molar-refractivity contribution in [1.82, 2.24) is 5.32 Å². The predicted octanol–water partition coefficient (Wildman–Crippen LogP) is 9.76. The maximum Gasteiger partial charge on any atom is 0.338 e. The van der Waals surface area contributed by atoms with Crippen LogP contribution in [0.5, 0.6) is 0 Å². The van der Waals surface area contributed by atoms with E-state index in [-0.39, 0.29) is 31.6 Å². The number of anilines is 4. The number of rotatable bonds is 16. The SMILES string of the molecule is CCNC(c1cc(C(=O)OCCN(CCOC(=O)Cc2ccccc2Nc2c(Cl)cccc2Cl)c2ccccc2)cc(Br)c1N)C1CCCCC1. The first-order valence-corrected chi connectivity index (χ1v) is 19.0. The van der Waals surface area contributed by atoms with Gasteiger partial charge in [-0.25, -0.2) is 4.79 Å². The summed E-state index contributed by atoms with van der Waals surface area (Å²) in [5.41, 5.74) is 11.6. The molecule has 1 fully saturated rings. The monoisotopic (exact) mass is 794 g/mol. The molecular formula is C40H45BrCl2N4O4. The summed E-state index contributed by atoms with van der Waals surface area (Å²) >= 11 is 16.3. The number of benzene rings is 4. The lowest BCUT2D eigenvalue weighted by Gasteiger charge is -2.32. The Morgan fingerprint density at radius 2 is 1.57 bits per heavy atom. The van der Waals surface area contributed by atoms with E-state index in [2.05, 4.69) is 33.5 Å². The van der Waals surface area contributed by atoms with Gasteiger partial charge in [0.1, 0.15) is 13.2 Å². The van der Waals surface area contributed by atoms with Crippen LogP contribution in [0.25, 0.3) is 0 Å². The fourth-order valence-electron chi connectivity index (χ4n) is 6.60. The number of para-hydroxylation sites is 3. The van der Waals surface area contributed by atoms with Crippen LogP contribution in [0.2, 0.25) is 10.0 Å². The Balaban J connectivity index is 1.19. The van der Waals surface area contributed by atoms with Gasteiger partial charge >= 0.3 is 11.9 Å². The molecule has 0 aromatic heterocycles. The molecule has 0 amide bonds. The van der Waals surface area contributed by atoms with Crippen molar-refractivity contribution in [1.29, 1.82) is 0 Å². The minimum Gasteiger partial charge on any atom is -0.464 e. The smallest absolute Gasteiger partial charge is 0.338 e. The van der Waals surface area contributed by atoms with Gasteiger partial charge in [-0.05, 0) is 94.8 Å². The van der Waals surface area contributed by atoms with E-state index in [4.69, 9.17) is 38.4 Å². The molecule has 1 aliphatic rings. The van der Waals surface area contributed by atoms with Crippen molar-refractivity contribution < 1.29 is 19.1 Å². The molecule has 1 unspecified atom stereocenters. The first-order valence-electron chi connectivity index (χ1n) is 17.5. The highest BCUT2D eigenvalue weighted by atomic mass is 79.9. The largest absolute Gasteiger partial charge is 0.464 e. The van der Waals surface area contributed by atoms with Crippen LogP contribution in [-0.4, -0.2) is 44.8 Å². The molecule has 270 valence electrons.